The van der Waals surface area contributed by atoms with Crippen molar-refractivity contribution in [2.45, 2.75) is 18.8 Å². The van der Waals surface area contributed by atoms with E-state index in [0.29, 0.717) is 11.6 Å². The molecule has 0 radical (unpaired) electrons. The molecule has 0 aliphatic heterocycles. The molecule has 0 saturated heterocycles. The van der Waals surface area contributed by atoms with Crippen LogP contribution in [0.1, 0.15) is 34.9 Å². The zero-order valence-corrected chi connectivity index (χ0v) is 10.5. The van der Waals surface area contributed by atoms with Gasteiger partial charge in [-0.05, 0) is 12.8 Å². The number of nitrogen functional groups attached to an aromatic ring is 1. The van der Waals surface area contributed by atoms with E-state index in [-0.39, 0.29) is 18.1 Å². The highest BCUT2D eigenvalue weighted by molar-refractivity contribution is 5.99. The van der Waals surface area contributed by atoms with Crippen LogP contribution in [-0.2, 0) is 4.79 Å². The summed E-state index contributed by atoms with van der Waals surface area (Å²) in [5.41, 5.74) is 7.26. The number of nitrogens with two attached hydrogens (primary N) is 1. The molecule has 0 spiro atoms. The van der Waals surface area contributed by atoms with Gasteiger partial charge in [-0.3, -0.25) is 14.7 Å². The minimum atomic E-state index is -0.425. The molecule has 98 valence electrons. The van der Waals surface area contributed by atoms with Gasteiger partial charge >= 0.3 is 0 Å². The number of likely N-dealkylation sites (N-methyl/N-ethyl adjacent to an activating group) is 1. The van der Waals surface area contributed by atoms with Crippen molar-refractivity contribution in [2.75, 3.05) is 26.4 Å². The predicted molar refractivity (Wildman–Crippen MR) is 66.0 cm³/mol. The molecule has 1 saturated carbocycles. The van der Waals surface area contributed by atoms with Crippen LogP contribution in [-0.4, -0.2) is 47.6 Å². The van der Waals surface area contributed by atoms with E-state index in [1.807, 2.05) is 0 Å². The molecule has 2 amide bonds. The fourth-order valence-corrected chi connectivity index (χ4v) is 1.62. The summed E-state index contributed by atoms with van der Waals surface area (Å²) in [5.74, 6) is -0.201. The lowest BCUT2D eigenvalue weighted by Gasteiger charge is -2.10. The highest BCUT2D eigenvalue weighted by Gasteiger charge is 2.30. The van der Waals surface area contributed by atoms with Crippen molar-refractivity contribution in [3.05, 3.63) is 11.4 Å². The first-order chi connectivity index (χ1) is 8.50. The summed E-state index contributed by atoms with van der Waals surface area (Å²) in [6.07, 6.45) is 2.15. The van der Waals surface area contributed by atoms with Crippen molar-refractivity contribution >= 4 is 17.5 Å². The smallest absolute Gasteiger partial charge is 0.274 e. The summed E-state index contributed by atoms with van der Waals surface area (Å²) in [5, 5.41) is 9.21. The second kappa shape index (κ2) is 4.67. The molecular weight excluding hydrogens is 234 g/mol. The minimum Gasteiger partial charge on any atom is -0.395 e. The Labute approximate surface area is 105 Å². The van der Waals surface area contributed by atoms with Crippen molar-refractivity contribution in [3.8, 4) is 0 Å². The first-order valence-electron chi connectivity index (χ1n) is 5.82. The van der Waals surface area contributed by atoms with Gasteiger partial charge in [0, 0.05) is 20.0 Å². The number of hydrogen-bond donors (Lipinski definition) is 3. The Morgan fingerprint density at radius 3 is 2.72 bits per heavy atom. The number of amides is 2. The van der Waals surface area contributed by atoms with Crippen molar-refractivity contribution in [2.24, 2.45) is 0 Å². The van der Waals surface area contributed by atoms with Gasteiger partial charge < -0.3 is 16.0 Å². The number of carbonyl (C=O) groups is 2. The lowest BCUT2D eigenvalue weighted by Crippen LogP contribution is -2.36. The van der Waals surface area contributed by atoms with Gasteiger partial charge in [0.1, 0.15) is 0 Å². The van der Waals surface area contributed by atoms with Gasteiger partial charge in [0.2, 0.25) is 5.91 Å². The van der Waals surface area contributed by atoms with E-state index in [9.17, 15) is 9.59 Å². The Hall–Kier alpha value is -2.05. The number of nitrogens with one attached hydrogen (secondary N) is 2. The number of anilines is 1. The minimum absolute atomic E-state index is 0.0586. The SMILES string of the molecule is CN(C)C(=O)CNC(=O)c1n[nH]c(C2CC2)c1N. The third-order valence-corrected chi connectivity index (χ3v) is 2.93. The normalized spacial score (nSPS) is 14.3. The van der Waals surface area contributed by atoms with E-state index in [1.165, 1.54) is 4.90 Å². The van der Waals surface area contributed by atoms with Crippen LogP contribution in [0.3, 0.4) is 0 Å². The van der Waals surface area contributed by atoms with Crippen molar-refractivity contribution in [1.82, 2.24) is 20.4 Å². The molecule has 0 bridgehead atoms. The van der Waals surface area contributed by atoms with Crippen LogP contribution in [0.4, 0.5) is 5.69 Å². The summed E-state index contributed by atoms with van der Waals surface area (Å²) < 4.78 is 0. The topological polar surface area (TPSA) is 104 Å². The second-order valence-electron chi connectivity index (χ2n) is 4.64. The monoisotopic (exact) mass is 251 g/mol. The van der Waals surface area contributed by atoms with Gasteiger partial charge in [-0.2, -0.15) is 5.10 Å². The van der Waals surface area contributed by atoms with Crippen LogP contribution in [0.25, 0.3) is 0 Å². The Bertz CT molecular complexity index is 476. The average Bonchev–Trinajstić information content (AvgIpc) is 3.09. The molecular formula is C11H17N5O2. The molecule has 4 N–H and O–H groups in total. The Balaban J connectivity index is 1.98. The van der Waals surface area contributed by atoms with Gasteiger partial charge in [-0.15, -0.1) is 0 Å². The van der Waals surface area contributed by atoms with E-state index >= 15 is 0 Å². The van der Waals surface area contributed by atoms with Gasteiger partial charge in [0.15, 0.2) is 5.69 Å². The molecule has 18 heavy (non-hydrogen) atoms. The molecule has 2 rings (SSSR count). The molecule has 7 heteroatoms. The first kappa shape index (κ1) is 12.4. The standard InChI is InChI=1S/C11H17N5O2/c1-16(2)7(17)5-13-11(18)10-8(12)9(14-15-10)6-3-4-6/h6H,3-5,12H2,1-2H3,(H,13,18)(H,14,15). The summed E-state index contributed by atoms with van der Waals surface area (Å²) in [7, 11) is 3.26. The Morgan fingerprint density at radius 2 is 2.17 bits per heavy atom. The van der Waals surface area contributed by atoms with Gasteiger partial charge in [0.05, 0.1) is 17.9 Å². The van der Waals surface area contributed by atoms with Crippen LogP contribution in [0.15, 0.2) is 0 Å². The van der Waals surface area contributed by atoms with Crippen LogP contribution >= 0.6 is 0 Å². The fourth-order valence-electron chi connectivity index (χ4n) is 1.62. The maximum absolute atomic E-state index is 11.8. The third kappa shape index (κ3) is 2.44. The van der Waals surface area contributed by atoms with Crippen LogP contribution in [0.2, 0.25) is 0 Å². The summed E-state index contributed by atoms with van der Waals surface area (Å²) in [6, 6.07) is 0. The predicted octanol–water partition coefficient (Wildman–Crippen LogP) is -0.313. The summed E-state index contributed by atoms with van der Waals surface area (Å²) >= 11 is 0. The van der Waals surface area contributed by atoms with Gasteiger partial charge in [-0.1, -0.05) is 0 Å². The zero-order valence-electron chi connectivity index (χ0n) is 10.5. The number of rotatable bonds is 4. The van der Waals surface area contributed by atoms with E-state index in [2.05, 4.69) is 15.5 Å². The fraction of sp³-hybridized carbons (Fsp3) is 0.545. The molecule has 1 aromatic heterocycles. The maximum atomic E-state index is 11.8. The van der Waals surface area contributed by atoms with Crippen molar-refractivity contribution < 1.29 is 9.59 Å². The first-order valence-corrected chi connectivity index (χ1v) is 5.82. The number of nitrogens with zero attached hydrogens (tertiary/aromatic N) is 2. The van der Waals surface area contributed by atoms with Crippen molar-refractivity contribution in [1.29, 1.82) is 0 Å². The number of aromatic nitrogens is 2. The molecule has 1 fully saturated rings. The summed E-state index contributed by atoms with van der Waals surface area (Å²) in [4.78, 5) is 24.5. The lowest BCUT2D eigenvalue weighted by molar-refractivity contribution is -0.127. The van der Waals surface area contributed by atoms with E-state index in [0.717, 1.165) is 18.5 Å². The highest BCUT2D eigenvalue weighted by Crippen LogP contribution is 2.42. The van der Waals surface area contributed by atoms with Crippen molar-refractivity contribution in [3.63, 3.8) is 0 Å². The van der Waals surface area contributed by atoms with E-state index < -0.39 is 5.91 Å². The third-order valence-electron chi connectivity index (χ3n) is 2.93. The molecule has 1 aromatic rings. The largest absolute Gasteiger partial charge is 0.395 e. The number of hydrogen-bond acceptors (Lipinski definition) is 4. The number of carbonyl (C=O) groups excluding carboxylic acids is 2. The van der Waals surface area contributed by atoms with Gasteiger partial charge in [0.25, 0.3) is 5.91 Å². The Morgan fingerprint density at radius 1 is 1.50 bits per heavy atom. The lowest BCUT2D eigenvalue weighted by atomic mass is 10.2. The molecule has 0 unspecified atom stereocenters. The van der Waals surface area contributed by atoms with Crippen LogP contribution < -0.4 is 11.1 Å². The van der Waals surface area contributed by atoms with E-state index in [1.54, 1.807) is 14.1 Å². The highest BCUT2D eigenvalue weighted by atomic mass is 16.2. The Kier molecular flexibility index (Phi) is 3.22. The average molecular weight is 251 g/mol. The molecule has 0 atom stereocenters. The van der Waals surface area contributed by atoms with Gasteiger partial charge in [-0.25, -0.2) is 0 Å². The molecule has 1 aliphatic carbocycles. The second-order valence-corrected chi connectivity index (χ2v) is 4.64. The molecule has 1 aliphatic rings. The maximum Gasteiger partial charge on any atom is 0.274 e. The quantitative estimate of drug-likeness (QED) is 0.682. The van der Waals surface area contributed by atoms with Crippen LogP contribution in [0.5, 0.6) is 0 Å². The summed E-state index contributed by atoms with van der Waals surface area (Å²) in [6.45, 7) is -0.0586. The molecule has 7 nitrogen and oxygen atoms in total. The number of H-pyrrole nitrogens is 1. The van der Waals surface area contributed by atoms with Crippen LogP contribution in [0, 0.1) is 0 Å². The zero-order chi connectivity index (χ0) is 13.3. The van der Waals surface area contributed by atoms with E-state index in [4.69, 9.17) is 5.73 Å². The molecule has 0 aromatic carbocycles. The molecule has 1 heterocycles. The number of aromatic amines is 1.